The number of hydrogen-bond acceptors (Lipinski definition) is 5. The minimum atomic E-state index is -0.543. The molecule has 1 amide bonds. The highest BCUT2D eigenvalue weighted by Crippen LogP contribution is 2.43. The van der Waals surface area contributed by atoms with Gasteiger partial charge in [0.15, 0.2) is 11.5 Å². The van der Waals surface area contributed by atoms with E-state index < -0.39 is 17.7 Å². The first-order valence-electron chi connectivity index (χ1n) is 11.0. The number of nitrogens with zero attached hydrogens (tertiary/aromatic N) is 1. The zero-order valence-corrected chi connectivity index (χ0v) is 18.8. The number of cyclic esters (lactones) is 1. The Morgan fingerprint density at radius 3 is 2.51 bits per heavy atom. The third kappa shape index (κ3) is 4.23. The van der Waals surface area contributed by atoms with Gasteiger partial charge in [-0.15, -0.1) is 0 Å². The van der Waals surface area contributed by atoms with Crippen molar-refractivity contribution >= 4 is 17.6 Å². The van der Waals surface area contributed by atoms with Gasteiger partial charge in [-0.05, 0) is 48.0 Å². The van der Waals surface area contributed by atoms with E-state index in [4.69, 9.17) is 14.2 Å². The van der Waals surface area contributed by atoms with Crippen molar-refractivity contribution in [2.45, 2.75) is 18.9 Å². The molecule has 35 heavy (non-hydrogen) atoms. The lowest BCUT2D eigenvalue weighted by Crippen LogP contribution is -2.37. The Hall–Kier alpha value is -4.20. The van der Waals surface area contributed by atoms with E-state index in [2.05, 4.69) is 0 Å². The van der Waals surface area contributed by atoms with E-state index in [9.17, 15) is 18.4 Å². The molecule has 0 fully saturated rings. The van der Waals surface area contributed by atoms with E-state index in [-0.39, 0.29) is 31.4 Å². The molecule has 2 aliphatic rings. The normalized spacial score (nSPS) is 17.3. The third-order valence-electron chi connectivity index (χ3n) is 6.13. The largest absolute Gasteiger partial charge is 0.493 e. The average Bonchev–Trinajstić information content (AvgIpc) is 3.25. The summed E-state index contributed by atoms with van der Waals surface area (Å²) in [4.78, 5) is 27.3. The van der Waals surface area contributed by atoms with Gasteiger partial charge in [-0.3, -0.25) is 9.69 Å². The minimum absolute atomic E-state index is 0.0125. The predicted molar refractivity (Wildman–Crippen MR) is 123 cm³/mol. The molecule has 0 radical (unpaired) electrons. The topological polar surface area (TPSA) is 65.1 Å². The van der Waals surface area contributed by atoms with Crippen LogP contribution in [0.4, 0.5) is 14.5 Å². The van der Waals surface area contributed by atoms with E-state index in [0.29, 0.717) is 39.6 Å². The van der Waals surface area contributed by atoms with E-state index >= 15 is 0 Å². The Balaban J connectivity index is 1.46. The summed E-state index contributed by atoms with van der Waals surface area (Å²) in [6.07, 6.45) is 0.0178. The molecule has 0 saturated carbocycles. The molecular formula is C27H21F2NO5. The number of benzene rings is 3. The van der Waals surface area contributed by atoms with Crippen LogP contribution in [0.25, 0.3) is 0 Å². The molecule has 0 spiro atoms. The number of ether oxygens (including phenoxy) is 3. The Morgan fingerprint density at radius 1 is 1.00 bits per heavy atom. The van der Waals surface area contributed by atoms with Crippen molar-refractivity contribution in [1.82, 2.24) is 0 Å². The number of rotatable bonds is 6. The number of esters is 1. The summed E-state index contributed by atoms with van der Waals surface area (Å²) in [6, 6.07) is 17.0. The van der Waals surface area contributed by atoms with Gasteiger partial charge in [-0.2, -0.15) is 0 Å². The molecular weight excluding hydrogens is 456 g/mol. The van der Waals surface area contributed by atoms with Crippen molar-refractivity contribution in [1.29, 1.82) is 0 Å². The summed E-state index contributed by atoms with van der Waals surface area (Å²) >= 11 is 0. The van der Waals surface area contributed by atoms with Crippen LogP contribution in [0.2, 0.25) is 0 Å². The van der Waals surface area contributed by atoms with Gasteiger partial charge in [0.05, 0.1) is 18.4 Å². The third-order valence-corrected chi connectivity index (χ3v) is 6.13. The van der Waals surface area contributed by atoms with Gasteiger partial charge >= 0.3 is 5.97 Å². The molecule has 5 rings (SSSR count). The van der Waals surface area contributed by atoms with E-state index in [1.54, 1.807) is 36.4 Å². The highest BCUT2D eigenvalue weighted by Gasteiger charge is 2.43. The quantitative estimate of drug-likeness (QED) is 0.474. The first-order valence-corrected chi connectivity index (χ1v) is 11.0. The smallest absolute Gasteiger partial charge is 0.336 e. The molecule has 2 heterocycles. The molecule has 1 unspecified atom stereocenters. The van der Waals surface area contributed by atoms with Crippen LogP contribution in [-0.4, -0.2) is 25.6 Å². The standard InChI is InChI=1S/C27H21F2NO5/c1-33-24-12-16(6-11-23(24)34-14-17-4-2-3-5-21(17)29)20-13-25(31)30(19-9-7-18(28)8-10-19)22-15-35-27(32)26(20)22/h2-12,20H,13-15H2,1H3. The lowest BCUT2D eigenvalue weighted by atomic mass is 9.84. The van der Waals surface area contributed by atoms with Gasteiger partial charge in [-0.1, -0.05) is 24.3 Å². The Morgan fingerprint density at radius 2 is 1.77 bits per heavy atom. The minimum Gasteiger partial charge on any atom is -0.493 e. The maximum Gasteiger partial charge on any atom is 0.336 e. The maximum atomic E-state index is 13.9. The van der Waals surface area contributed by atoms with Gasteiger partial charge in [0, 0.05) is 23.6 Å². The molecule has 0 N–H and O–H groups in total. The van der Waals surface area contributed by atoms with Crippen molar-refractivity contribution in [2.24, 2.45) is 0 Å². The summed E-state index contributed by atoms with van der Waals surface area (Å²) in [5.74, 6) is -1.28. The number of carbonyl (C=O) groups is 2. The second-order valence-corrected chi connectivity index (χ2v) is 8.19. The van der Waals surface area contributed by atoms with E-state index in [1.807, 2.05) is 0 Å². The van der Waals surface area contributed by atoms with Crippen molar-refractivity contribution in [2.75, 3.05) is 18.6 Å². The molecule has 8 heteroatoms. The van der Waals surface area contributed by atoms with Gasteiger partial charge in [0.1, 0.15) is 24.8 Å². The SMILES string of the molecule is COc1cc(C2CC(=O)N(c3ccc(F)cc3)C3=C2C(=O)OC3)ccc1OCc1ccccc1F. The second-order valence-electron chi connectivity index (χ2n) is 8.19. The number of hydrogen-bond donors (Lipinski definition) is 0. The molecule has 3 aromatic rings. The second kappa shape index (κ2) is 9.21. The fraction of sp³-hybridized carbons (Fsp3) is 0.185. The lowest BCUT2D eigenvalue weighted by molar-refractivity contribution is -0.136. The van der Waals surface area contributed by atoms with Crippen molar-refractivity contribution in [3.05, 3.63) is 101 Å². The zero-order chi connectivity index (χ0) is 24.5. The average molecular weight is 477 g/mol. The molecule has 1 atom stereocenters. The van der Waals surface area contributed by atoms with Crippen LogP contribution in [0.5, 0.6) is 11.5 Å². The highest BCUT2D eigenvalue weighted by molar-refractivity contribution is 6.06. The Bertz CT molecular complexity index is 1340. The molecule has 0 bridgehead atoms. The number of carbonyl (C=O) groups excluding carboxylic acids is 2. The molecule has 0 aromatic heterocycles. The van der Waals surface area contributed by atoms with Crippen molar-refractivity contribution in [3.8, 4) is 11.5 Å². The summed E-state index contributed by atoms with van der Waals surface area (Å²) in [5, 5.41) is 0. The predicted octanol–water partition coefficient (Wildman–Crippen LogP) is 4.88. The summed E-state index contributed by atoms with van der Waals surface area (Å²) < 4.78 is 43.9. The molecule has 178 valence electrons. The monoisotopic (exact) mass is 477 g/mol. The van der Waals surface area contributed by atoms with Crippen LogP contribution in [-0.2, 0) is 20.9 Å². The van der Waals surface area contributed by atoms with Crippen LogP contribution in [0.3, 0.4) is 0 Å². The number of methoxy groups -OCH3 is 1. The maximum absolute atomic E-state index is 13.9. The van der Waals surface area contributed by atoms with Gasteiger partial charge in [0.25, 0.3) is 0 Å². The molecule has 6 nitrogen and oxygen atoms in total. The zero-order valence-electron chi connectivity index (χ0n) is 18.8. The van der Waals surface area contributed by atoms with E-state index in [1.165, 1.54) is 42.3 Å². The summed E-state index contributed by atoms with van der Waals surface area (Å²) in [6.45, 7) is -0.0344. The molecule has 0 saturated heterocycles. The van der Waals surface area contributed by atoms with Crippen LogP contribution in [0.15, 0.2) is 78.0 Å². The first kappa shape index (κ1) is 22.6. The van der Waals surface area contributed by atoms with E-state index in [0.717, 1.165) is 0 Å². The lowest BCUT2D eigenvalue weighted by Gasteiger charge is -2.32. The Kier molecular flexibility index (Phi) is 5.94. The fourth-order valence-corrected chi connectivity index (χ4v) is 4.42. The van der Waals surface area contributed by atoms with Crippen molar-refractivity contribution in [3.63, 3.8) is 0 Å². The number of anilines is 1. The van der Waals surface area contributed by atoms with Crippen LogP contribution in [0, 0.1) is 11.6 Å². The van der Waals surface area contributed by atoms with Gasteiger partial charge < -0.3 is 14.2 Å². The van der Waals surface area contributed by atoms with Gasteiger partial charge in [0.2, 0.25) is 5.91 Å². The van der Waals surface area contributed by atoms with Crippen LogP contribution in [0.1, 0.15) is 23.5 Å². The number of amides is 1. The van der Waals surface area contributed by atoms with Crippen LogP contribution >= 0.6 is 0 Å². The fourth-order valence-electron chi connectivity index (χ4n) is 4.42. The van der Waals surface area contributed by atoms with Crippen molar-refractivity contribution < 1.29 is 32.6 Å². The van der Waals surface area contributed by atoms with Crippen LogP contribution < -0.4 is 14.4 Å². The summed E-state index contributed by atoms with van der Waals surface area (Å²) in [5.41, 5.74) is 2.38. The van der Waals surface area contributed by atoms with Gasteiger partial charge in [-0.25, -0.2) is 13.6 Å². The first-order chi connectivity index (χ1) is 17.0. The highest BCUT2D eigenvalue weighted by atomic mass is 19.1. The molecule has 0 aliphatic carbocycles. The number of halogens is 2. The molecule has 2 aliphatic heterocycles. The Labute approximate surface area is 200 Å². The summed E-state index contributed by atoms with van der Waals surface area (Å²) in [7, 11) is 1.48. The molecule has 3 aromatic carbocycles.